The van der Waals surface area contributed by atoms with E-state index in [4.69, 9.17) is 9.47 Å². The van der Waals surface area contributed by atoms with E-state index in [1.165, 1.54) is 4.68 Å². The Morgan fingerprint density at radius 3 is 2.36 bits per heavy atom. The summed E-state index contributed by atoms with van der Waals surface area (Å²) in [4.78, 5) is 27.0. The quantitative estimate of drug-likeness (QED) is 0.464. The Balaban J connectivity index is 1.68. The Kier molecular flexibility index (Phi) is 8.07. The van der Waals surface area contributed by atoms with Crippen molar-refractivity contribution in [3.8, 4) is 11.4 Å². The summed E-state index contributed by atoms with van der Waals surface area (Å²) < 4.78 is 12.2. The Morgan fingerprint density at radius 1 is 1.06 bits per heavy atom. The third-order valence-electron chi connectivity index (χ3n) is 4.98. The van der Waals surface area contributed by atoms with Crippen LogP contribution in [0.3, 0.4) is 0 Å². The number of rotatable bonds is 10. The number of carbonyl (C=O) groups excluding carboxylic acids is 2. The predicted octanol–water partition coefficient (Wildman–Crippen LogP) is 4.30. The van der Waals surface area contributed by atoms with Crippen molar-refractivity contribution in [3.63, 3.8) is 0 Å². The third-order valence-corrected chi connectivity index (χ3v) is 4.98. The molecule has 0 fully saturated rings. The van der Waals surface area contributed by atoms with Gasteiger partial charge in [0.2, 0.25) is 5.69 Å². The highest BCUT2D eigenvalue weighted by molar-refractivity contribution is 5.93. The van der Waals surface area contributed by atoms with Crippen LogP contribution in [0.5, 0.6) is 5.75 Å². The minimum Gasteiger partial charge on any atom is -0.480 e. The van der Waals surface area contributed by atoms with Crippen molar-refractivity contribution in [1.29, 1.82) is 0 Å². The molecule has 0 saturated heterocycles. The molecule has 2 aromatic carbocycles. The summed E-state index contributed by atoms with van der Waals surface area (Å²) in [7, 11) is 0. The van der Waals surface area contributed by atoms with Gasteiger partial charge in [-0.05, 0) is 64.1 Å². The fraction of sp³-hybridized carbons (Fsp3) is 0.320. The van der Waals surface area contributed by atoms with E-state index in [-0.39, 0.29) is 30.6 Å². The van der Waals surface area contributed by atoms with Gasteiger partial charge < -0.3 is 19.7 Å². The zero-order chi connectivity index (χ0) is 23.8. The van der Waals surface area contributed by atoms with Crippen LogP contribution in [-0.4, -0.2) is 47.5 Å². The predicted molar refractivity (Wildman–Crippen MR) is 128 cm³/mol. The van der Waals surface area contributed by atoms with Gasteiger partial charge in [-0.1, -0.05) is 18.2 Å². The lowest BCUT2D eigenvalue weighted by Gasteiger charge is -2.27. The number of nitrogens with zero attached hydrogens (tertiary/aromatic N) is 3. The Bertz CT molecular complexity index is 1060. The monoisotopic (exact) mass is 450 g/mol. The molecule has 0 aliphatic heterocycles. The van der Waals surface area contributed by atoms with E-state index in [1.54, 1.807) is 13.1 Å². The zero-order valence-electron chi connectivity index (χ0n) is 19.4. The number of esters is 1. The molecule has 3 rings (SSSR count). The minimum absolute atomic E-state index is 0.0196. The standard InChI is InChI=1S/C25H30N4O4/c1-5-28(18(3)4)20-14-12-19(13-15-20)26-23(30)17-33-22-16-29(21-10-8-7-9-11-21)27-24(22)25(31)32-6-2/h7-16,18H,5-6,17H2,1-4H3,(H,26,30). The van der Waals surface area contributed by atoms with Gasteiger partial charge in [-0.15, -0.1) is 0 Å². The van der Waals surface area contributed by atoms with Crippen molar-refractivity contribution in [2.45, 2.75) is 33.7 Å². The first-order valence-electron chi connectivity index (χ1n) is 11.0. The second kappa shape index (κ2) is 11.2. The number of para-hydroxylation sites is 1. The van der Waals surface area contributed by atoms with Gasteiger partial charge in [-0.25, -0.2) is 9.48 Å². The van der Waals surface area contributed by atoms with Crippen molar-refractivity contribution < 1.29 is 19.1 Å². The molecule has 0 saturated carbocycles. The fourth-order valence-electron chi connectivity index (χ4n) is 3.44. The maximum atomic E-state index is 12.5. The van der Waals surface area contributed by atoms with Gasteiger partial charge >= 0.3 is 5.97 Å². The largest absolute Gasteiger partial charge is 0.480 e. The molecule has 1 heterocycles. The molecular formula is C25H30N4O4. The Morgan fingerprint density at radius 2 is 1.76 bits per heavy atom. The highest BCUT2D eigenvalue weighted by atomic mass is 16.5. The average Bonchev–Trinajstić information content (AvgIpc) is 3.24. The number of anilines is 2. The lowest BCUT2D eigenvalue weighted by atomic mass is 10.2. The van der Waals surface area contributed by atoms with E-state index in [1.807, 2.05) is 54.6 Å². The number of aromatic nitrogens is 2. The third kappa shape index (κ3) is 6.12. The lowest BCUT2D eigenvalue weighted by Crippen LogP contribution is -2.30. The van der Waals surface area contributed by atoms with E-state index in [2.05, 4.69) is 36.1 Å². The van der Waals surface area contributed by atoms with Crippen LogP contribution in [0.1, 0.15) is 38.2 Å². The van der Waals surface area contributed by atoms with Crippen LogP contribution in [0.4, 0.5) is 11.4 Å². The van der Waals surface area contributed by atoms with Crippen LogP contribution in [-0.2, 0) is 9.53 Å². The zero-order valence-corrected chi connectivity index (χ0v) is 19.4. The number of carbonyl (C=O) groups is 2. The van der Waals surface area contributed by atoms with Crippen LogP contribution < -0.4 is 15.0 Å². The smallest absolute Gasteiger partial charge is 0.362 e. The summed E-state index contributed by atoms with van der Waals surface area (Å²) in [6.07, 6.45) is 1.56. The first-order chi connectivity index (χ1) is 15.9. The molecule has 174 valence electrons. The molecule has 0 spiro atoms. The molecule has 0 aliphatic rings. The molecule has 0 aliphatic carbocycles. The van der Waals surface area contributed by atoms with Crippen LogP contribution >= 0.6 is 0 Å². The van der Waals surface area contributed by atoms with Gasteiger partial charge in [0.1, 0.15) is 0 Å². The molecule has 0 unspecified atom stereocenters. The second-order valence-electron chi connectivity index (χ2n) is 7.61. The van der Waals surface area contributed by atoms with E-state index in [9.17, 15) is 9.59 Å². The molecule has 8 nitrogen and oxygen atoms in total. The van der Waals surface area contributed by atoms with Crippen LogP contribution in [0, 0.1) is 0 Å². The molecule has 0 radical (unpaired) electrons. The number of hydrogen-bond donors (Lipinski definition) is 1. The van der Waals surface area contributed by atoms with Crippen molar-refractivity contribution in [2.24, 2.45) is 0 Å². The van der Waals surface area contributed by atoms with Gasteiger partial charge in [-0.2, -0.15) is 5.10 Å². The first-order valence-corrected chi connectivity index (χ1v) is 11.0. The second-order valence-corrected chi connectivity index (χ2v) is 7.61. The molecule has 3 aromatic rings. The molecule has 0 atom stereocenters. The Labute approximate surface area is 194 Å². The van der Waals surface area contributed by atoms with Crippen molar-refractivity contribution in [3.05, 3.63) is 66.5 Å². The SMILES string of the molecule is CCOC(=O)c1nn(-c2ccccc2)cc1OCC(=O)Nc1ccc(N(CC)C(C)C)cc1. The van der Waals surface area contributed by atoms with E-state index in [0.717, 1.165) is 17.9 Å². The minimum atomic E-state index is -0.608. The molecule has 1 N–H and O–H groups in total. The summed E-state index contributed by atoms with van der Waals surface area (Å²) in [5, 5.41) is 7.10. The number of benzene rings is 2. The maximum Gasteiger partial charge on any atom is 0.362 e. The van der Waals surface area contributed by atoms with Crippen LogP contribution in [0.25, 0.3) is 5.69 Å². The van der Waals surface area contributed by atoms with Crippen molar-refractivity contribution in [1.82, 2.24) is 9.78 Å². The molecule has 1 aromatic heterocycles. The number of ether oxygens (including phenoxy) is 2. The molecule has 33 heavy (non-hydrogen) atoms. The summed E-state index contributed by atoms with van der Waals surface area (Å²) >= 11 is 0. The van der Waals surface area contributed by atoms with E-state index < -0.39 is 5.97 Å². The summed E-state index contributed by atoms with van der Waals surface area (Å²) in [5.41, 5.74) is 2.53. The van der Waals surface area contributed by atoms with Gasteiger partial charge in [0, 0.05) is 24.0 Å². The normalized spacial score (nSPS) is 10.7. The van der Waals surface area contributed by atoms with E-state index in [0.29, 0.717) is 11.7 Å². The van der Waals surface area contributed by atoms with Gasteiger partial charge in [-0.3, -0.25) is 4.79 Å². The van der Waals surface area contributed by atoms with Crippen LogP contribution in [0.15, 0.2) is 60.8 Å². The molecular weight excluding hydrogens is 420 g/mol. The van der Waals surface area contributed by atoms with Gasteiger partial charge in [0.15, 0.2) is 12.4 Å². The molecule has 8 heteroatoms. The topological polar surface area (TPSA) is 85.7 Å². The first kappa shape index (κ1) is 23.8. The van der Waals surface area contributed by atoms with Crippen molar-refractivity contribution in [2.75, 3.05) is 30.0 Å². The average molecular weight is 451 g/mol. The molecule has 0 bridgehead atoms. The summed E-state index contributed by atoms with van der Waals surface area (Å²) in [6, 6.07) is 17.4. The fourth-order valence-corrected chi connectivity index (χ4v) is 3.44. The Hall–Kier alpha value is -3.81. The van der Waals surface area contributed by atoms with E-state index >= 15 is 0 Å². The maximum absolute atomic E-state index is 12.5. The number of hydrogen-bond acceptors (Lipinski definition) is 6. The highest BCUT2D eigenvalue weighted by Gasteiger charge is 2.21. The summed E-state index contributed by atoms with van der Waals surface area (Å²) in [5.74, 6) is -0.775. The lowest BCUT2D eigenvalue weighted by molar-refractivity contribution is -0.118. The number of amides is 1. The van der Waals surface area contributed by atoms with Crippen molar-refractivity contribution >= 4 is 23.3 Å². The van der Waals surface area contributed by atoms with Crippen LogP contribution in [0.2, 0.25) is 0 Å². The number of nitrogens with one attached hydrogen (secondary N) is 1. The molecule has 1 amide bonds. The highest BCUT2D eigenvalue weighted by Crippen LogP contribution is 2.22. The van der Waals surface area contributed by atoms with Gasteiger partial charge in [0.25, 0.3) is 5.91 Å². The van der Waals surface area contributed by atoms with Gasteiger partial charge in [0.05, 0.1) is 18.5 Å². The summed E-state index contributed by atoms with van der Waals surface area (Å²) in [6.45, 7) is 8.93.